The summed E-state index contributed by atoms with van der Waals surface area (Å²) in [6, 6.07) is 7.78. The van der Waals surface area contributed by atoms with Gasteiger partial charge in [0.15, 0.2) is 0 Å². The van der Waals surface area contributed by atoms with Gasteiger partial charge in [-0.25, -0.2) is 4.98 Å². The Labute approximate surface area is 113 Å². The summed E-state index contributed by atoms with van der Waals surface area (Å²) >= 11 is 0. The lowest BCUT2D eigenvalue weighted by atomic mass is 9.87. The van der Waals surface area contributed by atoms with Crippen LogP contribution in [0.4, 0.5) is 4.39 Å². The molecule has 0 amide bonds. The van der Waals surface area contributed by atoms with Crippen LogP contribution in [0.2, 0.25) is 0 Å². The Balaban J connectivity index is 2.21. The van der Waals surface area contributed by atoms with Crippen LogP contribution in [0.1, 0.15) is 42.9 Å². The lowest BCUT2D eigenvalue weighted by molar-refractivity contribution is 0.584. The Kier molecular flexibility index (Phi) is 3.09. The molecule has 1 heterocycles. The maximum absolute atomic E-state index is 13.3. The van der Waals surface area contributed by atoms with Crippen molar-refractivity contribution in [2.45, 2.75) is 39.0 Å². The third kappa shape index (κ3) is 2.16. The van der Waals surface area contributed by atoms with Crippen molar-refractivity contribution in [3.8, 4) is 11.1 Å². The number of hydrogen-bond acceptors (Lipinski definition) is 1. The van der Waals surface area contributed by atoms with Crippen molar-refractivity contribution >= 4 is 0 Å². The number of aromatic nitrogens is 1. The van der Waals surface area contributed by atoms with Crippen molar-refractivity contribution in [3.05, 3.63) is 53.1 Å². The summed E-state index contributed by atoms with van der Waals surface area (Å²) in [5.41, 5.74) is 6.45. The predicted molar refractivity (Wildman–Crippen MR) is 75.7 cm³/mol. The monoisotopic (exact) mass is 255 g/mol. The molecule has 2 heteroatoms. The van der Waals surface area contributed by atoms with E-state index in [1.807, 2.05) is 6.07 Å². The number of benzene rings is 1. The molecule has 1 aliphatic rings. The molecule has 0 spiro atoms. The highest BCUT2D eigenvalue weighted by Crippen LogP contribution is 2.37. The van der Waals surface area contributed by atoms with Crippen LogP contribution in [0.15, 0.2) is 30.5 Å². The van der Waals surface area contributed by atoms with Crippen LogP contribution < -0.4 is 0 Å². The van der Waals surface area contributed by atoms with Gasteiger partial charge in [-0.3, -0.25) is 0 Å². The first kappa shape index (κ1) is 12.3. The van der Waals surface area contributed by atoms with Crippen molar-refractivity contribution in [1.29, 1.82) is 0 Å². The zero-order valence-corrected chi connectivity index (χ0v) is 11.4. The molecule has 0 fully saturated rings. The Morgan fingerprint density at radius 1 is 1.16 bits per heavy atom. The van der Waals surface area contributed by atoms with Crippen LogP contribution >= 0.6 is 0 Å². The van der Waals surface area contributed by atoms with E-state index < -0.39 is 5.95 Å². The molecule has 0 radical (unpaired) electrons. The van der Waals surface area contributed by atoms with Crippen LogP contribution in [0.3, 0.4) is 0 Å². The Morgan fingerprint density at radius 2 is 2.00 bits per heavy atom. The largest absolute Gasteiger partial charge is 0.228 e. The third-order valence-corrected chi connectivity index (χ3v) is 3.94. The number of rotatable bonds is 2. The second kappa shape index (κ2) is 4.76. The molecule has 0 unspecified atom stereocenters. The number of aryl methyl sites for hydroxylation is 1. The topological polar surface area (TPSA) is 12.9 Å². The zero-order valence-electron chi connectivity index (χ0n) is 11.4. The summed E-state index contributed by atoms with van der Waals surface area (Å²) in [5, 5.41) is 0. The van der Waals surface area contributed by atoms with Crippen molar-refractivity contribution in [1.82, 2.24) is 4.98 Å². The average molecular weight is 255 g/mol. The van der Waals surface area contributed by atoms with E-state index in [4.69, 9.17) is 0 Å². The number of fused-ring (bicyclic) bond motifs is 1. The van der Waals surface area contributed by atoms with Gasteiger partial charge in [-0.15, -0.1) is 0 Å². The number of hydrogen-bond donors (Lipinski definition) is 0. The van der Waals surface area contributed by atoms with Gasteiger partial charge in [0.1, 0.15) is 0 Å². The van der Waals surface area contributed by atoms with E-state index in [9.17, 15) is 4.39 Å². The summed E-state index contributed by atoms with van der Waals surface area (Å²) in [6.45, 7) is 4.43. The lowest BCUT2D eigenvalue weighted by Gasteiger charge is -2.18. The minimum absolute atomic E-state index is 0.410. The van der Waals surface area contributed by atoms with Crippen LogP contribution in [0, 0.1) is 5.95 Å². The molecule has 1 aromatic carbocycles. The number of halogens is 1. The van der Waals surface area contributed by atoms with Crippen LogP contribution in [0.5, 0.6) is 0 Å². The summed E-state index contributed by atoms with van der Waals surface area (Å²) < 4.78 is 13.3. The molecule has 1 aromatic heterocycles. The van der Waals surface area contributed by atoms with Crippen LogP contribution in [0.25, 0.3) is 11.1 Å². The van der Waals surface area contributed by atoms with E-state index in [1.54, 1.807) is 6.20 Å². The van der Waals surface area contributed by atoms with Gasteiger partial charge in [-0.2, -0.15) is 4.39 Å². The predicted octanol–water partition coefficient (Wildman–Crippen LogP) is 4.50. The van der Waals surface area contributed by atoms with E-state index in [0.29, 0.717) is 5.92 Å². The van der Waals surface area contributed by atoms with Crippen LogP contribution in [-0.2, 0) is 12.8 Å². The van der Waals surface area contributed by atoms with Gasteiger partial charge in [0.05, 0.1) is 0 Å². The van der Waals surface area contributed by atoms with E-state index in [-0.39, 0.29) is 0 Å². The first-order chi connectivity index (χ1) is 9.16. The molecule has 0 saturated heterocycles. The summed E-state index contributed by atoms with van der Waals surface area (Å²) in [6.07, 6.45) is 5.12. The quantitative estimate of drug-likeness (QED) is 0.720. The maximum atomic E-state index is 13.3. The second-order valence-corrected chi connectivity index (χ2v) is 5.54. The fourth-order valence-electron chi connectivity index (χ4n) is 3.18. The first-order valence-electron chi connectivity index (χ1n) is 6.93. The van der Waals surface area contributed by atoms with Crippen molar-refractivity contribution in [2.75, 3.05) is 0 Å². The Morgan fingerprint density at radius 3 is 2.74 bits per heavy atom. The SMILES string of the molecule is CC(C)c1c(-c2ccnc(F)c2)ccc2c1CCC2. The molecule has 98 valence electrons. The summed E-state index contributed by atoms with van der Waals surface area (Å²) in [7, 11) is 0. The highest BCUT2D eigenvalue weighted by atomic mass is 19.1. The number of nitrogens with zero attached hydrogens (tertiary/aromatic N) is 1. The highest BCUT2D eigenvalue weighted by Gasteiger charge is 2.20. The fraction of sp³-hybridized carbons (Fsp3) is 0.353. The molecule has 0 bridgehead atoms. The van der Waals surface area contributed by atoms with Gasteiger partial charge in [0, 0.05) is 12.3 Å². The van der Waals surface area contributed by atoms with Gasteiger partial charge in [-0.1, -0.05) is 26.0 Å². The van der Waals surface area contributed by atoms with E-state index >= 15 is 0 Å². The molecule has 3 rings (SSSR count). The molecule has 19 heavy (non-hydrogen) atoms. The minimum Gasteiger partial charge on any atom is -0.228 e. The molecule has 0 N–H and O–H groups in total. The summed E-state index contributed by atoms with van der Waals surface area (Å²) in [5.74, 6) is 0.0481. The van der Waals surface area contributed by atoms with Gasteiger partial charge in [0.25, 0.3) is 0 Å². The zero-order chi connectivity index (χ0) is 13.4. The van der Waals surface area contributed by atoms with Crippen LogP contribution in [-0.4, -0.2) is 4.98 Å². The second-order valence-electron chi connectivity index (χ2n) is 5.54. The standard InChI is InChI=1S/C17H18FN/c1-11(2)17-14-5-3-4-12(14)6-7-15(17)13-8-9-19-16(18)10-13/h6-11H,3-5H2,1-2H3. The summed E-state index contributed by atoms with van der Waals surface area (Å²) in [4.78, 5) is 3.65. The molecule has 1 aliphatic carbocycles. The van der Waals surface area contributed by atoms with Crippen molar-refractivity contribution in [3.63, 3.8) is 0 Å². The molecule has 0 saturated carbocycles. The normalized spacial score (nSPS) is 13.9. The van der Waals surface area contributed by atoms with Crippen molar-refractivity contribution in [2.24, 2.45) is 0 Å². The van der Waals surface area contributed by atoms with Gasteiger partial charge >= 0.3 is 0 Å². The minimum atomic E-state index is -0.410. The average Bonchev–Trinajstić information content (AvgIpc) is 2.85. The van der Waals surface area contributed by atoms with E-state index in [2.05, 4.69) is 31.0 Å². The van der Waals surface area contributed by atoms with Gasteiger partial charge in [-0.05, 0) is 59.1 Å². The Hall–Kier alpha value is -1.70. The smallest absolute Gasteiger partial charge is 0.213 e. The first-order valence-corrected chi connectivity index (χ1v) is 6.93. The molecular weight excluding hydrogens is 237 g/mol. The molecule has 2 aromatic rings. The Bertz CT molecular complexity index is 617. The van der Waals surface area contributed by atoms with Gasteiger partial charge < -0.3 is 0 Å². The molecule has 0 aliphatic heterocycles. The third-order valence-electron chi connectivity index (χ3n) is 3.94. The number of pyridine rings is 1. The van der Waals surface area contributed by atoms with Gasteiger partial charge in [0.2, 0.25) is 5.95 Å². The van der Waals surface area contributed by atoms with E-state index in [1.165, 1.54) is 35.6 Å². The highest BCUT2D eigenvalue weighted by molar-refractivity contribution is 5.70. The van der Waals surface area contributed by atoms with E-state index in [0.717, 1.165) is 17.5 Å². The maximum Gasteiger partial charge on any atom is 0.213 e. The fourth-order valence-corrected chi connectivity index (χ4v) is 3.18. The molecular formula is C17H18FN. The van der Waals surface area contributed by atoms with Crippen molar-refractivity contribution < 1.29 is 4.39 Å². The molecule has 1 nitrogen and oxygen atoms in total. The lowest BCUT2D eigenvalue weighted by Crippen LogP contribution is -2.00. The molecule has 0 atom stereocenters.